The van der Waals surface area contributed by atoms with Crippen molar-refractivity contribution in [1.82, 2.24) is 9.97 Å². The van der Waals surface area contributed by atoms with E-state index < -0.39 is 0 Å². The van der Waals surface area contributed by atoms with Gasteiger partial charge in [0.1, 0.15) is 12.0 Å². The van der Waals surface area contributed by atoms with E-state index in [0.29, 0.717) is 11.6 Å². The van der Waals surface area contributed by atoms with Crippen LogP contribution in [-0.4, -0.2) is 15.9 Å². The highest BCUT2D eigenvalue weighted by Gasteiger charge is 2.26. The number of anilines is 1. The molecule has 1 amide bonds. The van der Waals surface area contributed by atoms with Crippen molar-refractivity contribution in [2.24, 2.45) is 0 Å². The van der Waals surface area contributed by atoms with Crippen molar-refractivity contribution in [3.8, 4) is 0 Å². The molecule has 0 atom stereocenters. The standard InChI is InChI=1S/C14H12BrN3O/c15-10-3-1-2-4-11(10)18-14(19)13-7-12(9-5-6-9)16-8-17-13/h1-4,7-9H,5-6H2,(H,18,19). The molecular weight excluding hydrogens is 306 g/mol. The van der Waals surface area contributed by atoms with Crippen molar-refractivity contribution >= 4 is 27.5 Å². The van der Waals surface area contributed by atoms with Gasteiger partial charge in [0.25, 0.3) is 5.91 Å². The van der Waals surface area contributed by atoms with Crippen LogP contribution in [0.2, 0.25) is 0 Å². The van der Waals surface area contributed by atoms with Crippen molar-refractivity contribution < 1.29 is 4.79 Å². The summed E-state index contributed by atoms with van der Waals surface area (Å²) in [5.74, 6) is 0.300. The molecular formula is C14H12BrN3O. The Labute approximate surface area is 119 Å². The number of halogens is 1. The maximum absolute atomic E-state index is 12.1. The van der Waals surface area contributed by atoms with Gasteiger partial charge in [0.15, 0.2) is 0 Å². The summed E-state index contributed by atoms with van der Waals surface area (Å²) in [5, 5.41) is 2.84. The number of benzene rings is 1. The molecule has 1 N–H and O–H groups in total. The molecule has 1 aromatic heterocycles. The summed E-state index contributed by atoms with van der Waals surface area (Å²) in [7, 11) is 0. The molecule has 1 aliphatic carbocycles. The molecule has 0 unspecified atom stereocenters. The first-order chi connectivity index (χ1) is 9.24. The first-order valence-corrected chi connectivity index (χ1v) is 6.91. The van der Waals surface area contributed by atoms with E-state index in [1.165, 1.54) is 6.33 Å². The van der Waals surface area contributed by atoms with Crippen LogP contribution in [0.4, 0.5) is 5.69 Å². The van der Waals surface area contributed by atoms with Gasteiger partial charge >= 0.3 is 0 Å². The average molecular weight is 318 g/mol. The minimum Gasteiger partial charge on any atom is -0.320 e. The van der Waals surface area contributed by atoms with Crippen LogP contribution in [0.3, 0.4) is 0 Å². The van der Waals surface area contributed by atoms with Gasteiger partial charge in [0.2, 0.25) is 0 Å². The summed E-state index contributed by atoms with van der Waals surface area (Å²) in [5.41, 5.74) is 2.11. The van der Waals surface area contributed by atoms with E-state index in [9.17, 15) is 4.79 Å². The third kappa shape index (κ3) is 2.81. The zero-order chi connectivity index (χ0) is 13.2. The van der Waals surface area contributed by atoms with Gasteiger partial charge in [-0.2, -0.15) is 0 Å². The molecule has 1 saturated carbocycles. The fourth-order valence-corrected chi connectivity index (χ4v) is 2.23. The van der Waals surface area contributed by atoms with E-state index in [4.69, 9.17) is 0 Å². The van der Waals surface area contributed by atoms with Gasteiger partial charge in [-0.1, -0.05) is 12.1 Å². The Morgan fingerprint density at radius 3 is 2.79 bits per heavy atom. The Kier molecular flexibility index (Phi) is 3.29. The molecule has 0 aliphatic heterocycles. The van der Waals surface area contributed by atoms with Crippen LogP contribution in [0.5, 0.6) is 0 Å². The largest absolute Gasteiger partial charge is 0.320 e. The van der Waals surface area contributed by atoms with Crippen molar-refractivity contribution in [2.75, 3.05) is 5.32 Å². The zero-order valence-electron chi connectivity index (χ0n) is 10.1. The summed E-state index contributed by atoms with van der Waals surface area (Å²) in [6.45, 7) is 0. The van der Waals surface area contributed by atoms with Gasteiger partial charge < -0.3 is 5.32 Å². The fourth-order valence-electron chi connectivity index (χ4n) is 1.85. The lowest BCUT2D eigenvalue weighted by atomic mass is 10.2. The molecule has 0 saturated heterocycles. The zero-order valence-corrected chi connectivity index (χ0v) is 11.7. The average Bonchev–Trinajstić information content (AvgIpc) is 3.26. The first kappa shape index (κ1) is 12.3. The van der Waals surface area contributed by atoms with E-state index in [0.717, 1.165) is 28.7 Å². The molecule has 0 radical (unpaired) electrons. The number of hydrogen-bond donors (Lipinski definition) is 1. The molecule has 1 heterocycles. The Bertz CT molecular complexity index is 626. The summed E-state index contributed by atoms with van der Waals surface area (Å²) in [4.78, 5) is 20.4. The minimum atomic E-state index is -0.212. The highest BCUT2D eigenvalue weighted by Crippen LogP contribution is 2.38. The van der Waals surface area contributed by atoms with Gasteiger partial charge in [-0.25, -0.2) is 9.97 Å². The third-order valence-electron chi connectivity index (χ3n) is 3.04. The van der Waals surface area contributed by atoms with Gasteiger partial charge in [-0.05, 0) is 47.0 Å². The van der Waals surface area contributed by atoms with E-state index in [2.05, 4.69) is 31.2 Å². The van der Waals surface area contributed by atoms with Crippen LogP contribution in [0.1, 0.15) is 34.9 Å². The fraction of sp³-hybridized carbons (Fsp3) is 0.214. The second kappa shape index (κ2) is 5.09. The lowest BCUT2D eigenvalue weighted by molar-refractivity contribution is 0.102. The van der Waals surface area contributed by atoms with Gasteiger partial charge in [-0.3, -0.25) is 4.79 Å². The molecule has 0 bridgehead atoms. The molecule has 0 spiro atoms. The van der Waals surface area contributed by atoms with Crippen molar-refractivity contribution in [3.63, 3.8) is 0 Å². The second-order valence-electron chi connectivity index (χ2n) is 4.54. The van der Waals surface area contributed by atoms with Gasteiger partial charge in [-0.15, -0.1) is 0 Å². The highest BCUT2D eigenvalue weighted by molar-refractivity contribution is 9.10. The predicted octanol–water partition coefficient (Wildman–Crippen LogP) is 3.37. The Morgan fingerprint density at radius 2 is 2.05 bits per heavy atom. The van der Waals surface area contributed by atoms with Crippen LogP contribution in [0.25, 0.3) is 0 Å². The van der Waals surface area contributed by atoms with Crippen LogP contribution in [0, 0.1) is 0 Å². The summed E-state index contributed by atoms with van der Waals surface area (Å²) in [6.07, 6.45) is 3.77. The smallest absolute Gasteiger partial charge is 0.274 e. The third-order valence-corrected chi connectivity index (χ3v) is 3.73. The summed E-state index contributed by atoms with van der Waals surface area (Å²) >= 11 is 3.40. The Balaban J connectivity index is 1.80. The summed E-state index contributed by atoms with van der Waals surface area (Å²) < 4.78 is 0.847. The number of amides is 1. The number of aromatic nitrogens is 2. The Morgan fingerprint density at radius 1 is 1.26 bits per heavy atom. The van der Waals surface area contributed by atoms with E-state index in [1.807, 2.05) is 24.3 Å². The number of hydrogen-bond acceptors (Lipinski definition) is 3. The molecule has 2 aromatic rings. The number of para-hydroxylation sites is 1. The quantitative estimate of drug-likeness (QED) is 0.944. The molecule has 5 heteroatoms. The molecule has 4 nitrogen and oxygen atoms in total. The lowest BCUT2D eigenvalue weighted by Gasteiger charge is -2.07. The lowest BCUT2D eigenvalue weighted by Crippen LogP contribution is -2.14. The number of nitrogens with zero attached hydrogens (tertiary/aromatic N) is 2. The maximum Gasteiger partial charge on any atom is 0.274 e. The minimum absolute atomic E-state index is 0.212. The monoisotopic (exact) mass is 317 g/mol. The van der Waals surface area contributed by atoms with Crippen LogP contribution in [0.15, 0.2) is 41.1 Å². The number of rotatable bonds is 3. The molecule has 1 aliphatic rings. The second-order valence-corrected chi connectivity index (χ2v) is 5.39. The molecule has 96 valence electrons. The van der Waals surface area contributed by atoms with Crippen LogP contribution >= 0.6 is 15.9 Å². The number of carbonyl (C=O) groups is 1. The Hall–Kier alpha value is -1.75. The van der Waals surface area contributed by atoms with Crippen molar-refractivity contribution in [1.29, 1.82) is 0 Å². The predicted molar refractivity (Wildman–Crippen MR) is 76.1 cm³/mol. The number of nitrogens with one attached hydrogen (secondary N) is 1. The molecule has 19 heavy (non-hydrogen) atoms. The van der Waals surface area contributed by atoms with Crippen LogP contribution < -0.4 is 5.32 Å². The molecule has 1 aromatic carbocycles. The van der Waals surface area contributed by atoms with E-state index in [1.54, 1.807) is 6.07 Å². The molecule has 1 fully saturated rings. The van der Waals surface area contributed by atoms with E-state index in [-0.39, 0.29) is 5.91 Å². The van der Waals surface area contributed by atoms with Gasteiger partial charge in [0, 0.05) is 16.1 Å². The maximum atomic E-state index is 12.1. The number of carbonyl (C=O) groups excluding carboxylic acids is 1. The van der Waals surface area contributed by atoms with Crippen molar-refractivity contribution in [3.05, 3.63) is 52.5 Å². The van der Waals surface area contributed by atoms with Crippen molar-refractivity contribution in [2.45, 2.75) is 18.8 Å². The SMILES string of the molecule is O=C(Nc1ccccc1Br)c1cc(C2CC2)ncn1. The first-order valence-electron chi connectivity index (χ1n) is 6.12. The molecule has 3 rings (SSSR count). The highest BCUT2D eigenvalue weighted by atomic mass is 79.9. The van der Waals surface area contributed by atoms with Gasteiger partial charge in [0.05, 0.1) is 5.69 Å². The normalized spacial score (nSPS) is 14.2. The summed E-state index contributed by atoms with van der Waals surface area (Å²) in [6, 6.07) is 9.27. The van der Waals surface area contributed by atoms with Crippen LogP contribution in [-0.2, 0) is 0 Å². The topological polar surface area (TPSA) is 54.9 Å². The van der Waals surface area contributed by atoms with E-state index >= 15 is 0 Å².